The molecule has 0 aromatic heterocycles. The first-order valence-corrected chi connectivity index (χ1v) is 9.42. The first-order valence-electron chi connectivity index (χ1n) is 8.28. The fraction of sp³-hybridized carbons (Fsp3) is 0.263. The van der Waals surface area contributed by atoms with Crippen molar-refractivity contribution >= 4 is 46.6 Å². The van der Waals surface area contributed by atoms with Gasteiger partial charge in [0.25, 0.3) is 11.8 Å². The van der Waals surface area contributed by atoms with Crippen molar-refractivity contribution < 1.29 is 14.3 Å². The van der Waals surface area contributed by atoms with E-state index >= 15 is 0 Å². The van der Waals surface area contributed by atoms with Crippen LogP contribution in [0.1, 0.15) is 20.7 Å². The Morgan fingerprint density at radius 2 is 1.33 bits per heavy atom. The molecule has 0 unspecified atom stereocenters. The van der Waals surface area contributed by atoms with Crippen LogP contribution in [0.15, 0.2) is 36.4 Å². The molecule has 5 nitrogen and oxygen atoms in total. The topological polar surface area (TPSA) is 49.9 Å². The van der Waals surface area contributed by atoms with Crippen LogP contribution in [0.4, 0.5) is 0 Å². The number of hydrogen-bond acceptors (Lipinski definition) is 3. The van der Waals surface area contributed by atoms with Crippen molar-refractivity contribution in [2.75, 3.05) is 33.3 Å². The van der Waals surface area contributed by atoms with Crippen LogP contribution >= 0.6 is 34.8 Å². The van der Waals surface area contributed by atoms with E-state index in [2.05, 4.69) is 0 Å². The monoisotopic (exact) mass is 426 g/mol. The summed E-state index contributed by atoms with van der Waals surface area (Å²) in [5.74, 6) is -0.0936. The Labute approximate surface area is 172 Å². The van der Waals surface area contributed by atoms with Crippen molar-refractivity contribution in [3.05, 3.63) is 62.6 Å². The molecular weight excluding hydrogens is 411 g/mol. The summed E-state index contributed by atoms with van der Waals surface area (Å²) in [6.45, 7) is 1.63. The van der Waals surface area contributed by atoms with E-state index in [4.69, 9.17) is 39.5 Å². The number of hydrogen-bond donors (Lipinski definition) is 0. The van der Waals surface area contributed by atoms with E-state index in [1.54, 1.807) is 46.2 Å². The molecule has 142 valence electrons. The first kappa shape index (κ1) is 19.8. The quantitative estimate of drug-likeness (QED) is 0.735. The van der Waals surface area contributed by atoms with E-state index in [0.29, 0.717) is 41.8 Å². The molecule has 1 saturated heterocycles. The predicted molar refractivity (Wildman–Crippen MR) is 106 cm³/mol. The third kappa shape index (κ3) is 4.15. The molecule has 2 aromatic carbocycles. The van der Waals surface area contributed by atoms with Crippen LogP contribution < -0.4 is 4.74 Å². The normalized spacial score (nSPS) is 14.2. The fourth-order valence-electron chi connectivity index (χ4n) is 2.98. The molecule has 0 N–H and O–H groups in total. The summed E-state index contributed by atoms with van der Waals surface area (Å²) < 4.78 is 5.26. The average Bonchev–Trinajstić information content (AvgIpc) is 2.69. The zero-order chi connectivity index (χ0) is 19.6. The highest BCUT2D eigenvalue weighted by molar-refractivity contribution is 6.37. The lowest BCUT2D eigenvalue weighted by molar-refractivity contribution is 0.0533. The summed E-state index contributed by atoms with van der Waals surface area (Å²) in [5.41, 5.74) is 0.808. The number of carbonyl (C=O) groups excluding carboxylic acids is 2. The van der Waals surface area contributed by atoms with Crippen LogP contribution in [0.3, 0.4) is 0 Å². The number of amides is 2. The molecule has 0 radical (unpaired) electrons. The number of ether oxygens (including phenoxy) is 1. The van der Waals surface area contributed by atoms with Crippen LogP contribution in [0.25, 0.3) is 0 Å². The third-order valence-electron chi connectivity index (χ3n) is 4.42. The van der Waals surface area contributed by atoms with Gasteiger partial charge in [0.15, 0.2) is 5.75 Å². The van der Waals surface area contributed by atoms with Gasteiger partial charge < -0.3 is 14.5 Å². The molecule has 27 heavy (non-hydrogen) atoms. The van der Waals surface area contributed by atoms with Crippen LogP contribution in [0, 0.1) is 0 Å². The van der Waals surface area contributed by atoms with Gasteiger partial charge in [0.2, 0.25) is 0 Å². The van der Waals surface area contributed by atoms with E-state index in [-0.39, 0.29) is 28.1 Å². The average molecular weight is 428 g/mol. The van der Waals surface area contributed by atoms with Crippen molar-refractivity contribution in [1.82, 2.24) is 9.80 Å². The largest absolute Gasteiger partial charge is 0.494 e. The molecule has 1 heterocycles. The zero-order valence-electron chi connectivity index (χ0n) is 14.5. The van der Waals surface area contributed by atoms with E-state index in [1.165, 1.54) is 7.11 Å². The highest BCUT2D eigenvalue weighted by Crippen LogP contribution is 2.34. The highest BCUT2D eigenvalue weighted by Gasteiger charge is 2.29. The minimum atomic E-state index is -0.266. The summed E-state index contributed by atoms with van der Waals surface area (Å²) in [6.07, 6.45) is 0. The molecular formula is C19H17Cl3N2O3. The van der Waals surface area contributed by atoms with Gasteiger partial charge in [-0.2, -0.15) is 0 Å². The van der Waals surface area contributed by atoms with Crippen LogP contribution in [-0.2, 0) is 0 Å². The molecule has 0 aliphatic carbocycles. The first-order chi connectivity index (χ1) is 12.9. The number of piperazine rings is 1. The van der Waals surface area contributed by atoms with Gasteiger partial charge >= 0.3 is 0 Å². The molecule has 3 rings (SSSR count). The standard InChI is InChI=1S/C19H17Cl3N2O3/c1-27-17-15(22)7-6-14(21)16(17)19(26)24-10-8-23(9-11-24)18(25)12-2-4-13(20)5-3-12/h2-7H,8-11H2,1H3. The Bertz CT molecular complexity index is 863. The van der Waals surface area contributed by atoms with E-state index in [1.807, 2.05) is 0 Å². The van der Waals surface area contributed by atoms with E-state index in [9.17, 15) is 9.59 Å². The molecule has 0 saturated carbocycles. The van der Waals surface area contributed by atoms with Gasteiger partial charge in [-0.25, -0.2) is 0 Å². The minimum Gasteiger partial charge on any atom is -0.494 e. The van der Waals surface area contributed by atoms with E-state index < -0.39 is 0 Å². The molecule has 0 atom stereocenters. The van der Waals surface area contributed by atoms with Crippen LogP contribution in [0.5, 0.6) is 5.75 Å². The van der Waals surface area contributed by atoms with Crippen molar-refractivity contribution in [2.45, 2.75) is 0 Å². The van der Waals surface area contributed by atoms with Gasteiger partial charge in [-0.05, 0) is 36.4 Å². The maximum Gasteiger partial charge on any atom is 0.259 e. The summed E-state index contributed by atoms with van der Waals surface area (Å²) in [7, 11) is 1.44. The van der Waals surface area contributed by atoms with Crippen molar-refractivity contribution in [1.29, 1.82) is 0 Å². The summed E-state index contributed by atoms with van der Waals surface area (Å²) >= 11 is 18.2. The number of carbonyl (C=O) groups is 2. The van der Waals surface area contributed by atoms with Crippen LogP contribution in [-0.4, -0.2) is 54.9 Å². The van der Waals surface area contributed by atoms with Crippen LogP contribution in [0.2, 0.25) is 15.1 Å². The molecule has 2 amide bonds. The van der Waals surface area contributed by atoms with Crippen molar-refractivity contribution in [3.8, 4) is 5.75 Å². The Morgan fingerprint density at radius 1 is 0.815 bits per heavy atom. The lowest BCUT2D eigenvalue weighted by Gasteiger charge is -2.35. The predicted octanol–water partition coefficient (Wildman–Crippen LogP) is 4.25. The van der Waals surface area contributed by atoms with Gasteiger partial charge in [0.05, 0.1) is 17.2 Å². The maximum absolute atomic E-state index is 12.9. The lowest BCUT2D eigenvalue weighted by Crippen LogP contribution is -2.50. The molecule has 1 aliphatic rings. The second-order valence-corrected chi connectivity index (χ2v) is 7.28. The van der Waals surface area contributed by atoms with Crippen molar-refractivity contribution in [3.63, 3.8) is 0 Å². The Hall–Kier alpha value is -1.95. The molecule has 0 spiro atoms. The molecule has 8 heteroatoms. The summed E-state index contributed by atoms with van der Waals surface area (Å²) in [4.78, 5) is 28.9. The third-order valence-corrected chi connectivity index (χ3v) is 5.29. The fourth-order valence-corrected chi connectivity index (χ4v) is 3.57. The Kier molecular flexibility index (Phi) is 6.15. The van der Waals surface area contributed by atoms with Gasteiger partial charge in [-0.1, -0.05) is 34.8 Å². The highest BCUT2D eigenvalue weighted by atomic mass is 35.5. The zero-order valence-corrected chi connectivity index (χ0v) is 16.8. The number of benzene rings is 2. The van der Waals surface area contributed by atoms with E-state index in [0.717, 1.165) is 0 Å². The minimum absolute atomic E-state index is 0.0860. The SMILES string of the molecule is COc1c(Cl)ccc(Cl)c1C(=O)N1CCN(C(=O)c2ccc(Cl)cc2)CC1. The van der Waals surface area contributed by atoms with Gasteiger partial charge in [-0.15, -0.1) is 0 Å². The number of rotatable bonds is 3. The molecule has 1 fully saturated rings. The number of methoxy groups -OCH3 is 1. The van der Waals surface area contributed by atoms with Gasteiger partial charge in [0, 0.05) is 36.8 Å². The number of nitrogens with zero attached hydrogens (tertiary/aromatic N) is 2. The molecule has 2 aromatic rings. The second-order valence-electron chi connectivity index (χ2n) is 6.03. The van der Waals surface area contributed by atoms with Gasteiger partial charge in [-0.3, -0.25) is 9.59 Å². The summed E-state index contributed by atoms with van der Waals surface area (Å²) in [5, 5.41) is 1.18. The van der Waals surface area contributed by atoms with Crippen molar-refractivity contribution in [2.24, 2.45) is 0 Å². The molecule has 0 bridgehead atoms. The lowest BCUT2D eigenvalue weighted by atomic mass is 10.1. The smallest absolute Gasteiger partial charge is 0.259 e. The summed E-state index contributed by atoms with van der Waals surface area (Å²) in [6, 6.07) is 9.91. The van der Waals surface area contributed by atoms with Gasteiger partial charge in [0.1, 0.15) is 5.56 Å². The number of halogens is 3. The second kappa shape index (κ2) is 8.38. The molecule has 1 aliphatic heterocycles. The Morgan fingerprint density at radius 3 is 1.89 bits per heavy atom. The maximum atomic E-state index is 12.9. The Balaban J connectivity index is 1.71.